The van der Waals surface area contributed by atoms with Crippen molar-refractivity contribution in [2.75, 3.05) is 0 Å². The second-order valence-electron chi connectivity index (χ2n) is 13.5. The van der Waals surface area contributed by atoms with Crippen molar-refractivity contribution < 1.29 is 55.5 Å². The Morgan fingerprint density at radius 1 is 0.564 bits per heavy atom. The van der Waals surface area contributed by atoms with Gasteiger partial charge in [0.15, 0.2) is 11.9 Å². The van der Waals surface area contributed by atoms with Crippen molar-refractivity contribution in [1.82, 2.24) is 0 Å². The summed E-state index contributed by atoms with van der Waals surface area (Å²) < 4.78 is 0. The van der Waals surface area contributed by atoms with Gasteiger partial charge in [0.2, 0.25) is 0 Å². The molecule has 0 saturated carbocycles. The largest absolute Gasteiger partial charge is 0.472 e. The van der Waals surface area contributed by atoms with Crippen molar-refractivity contribution in [3.8, 4) is 47.9 Å². The molecule has 0 heterocycles. The van der Waals surface area contributed by atoms with E-state index in [2.05, 4.69) is 35.5 Å². The second-order valence-corrected chi connectivity index (χ2v) is 13.5. The van der Waals surface area contributed by atoms with Gasteiger partial charge in [0.25, 0.3) is 0 Å². The lowest BCUT2D eigenvalue weighted by atomic mass is 10.0. The highest BCUT2D eigenvalue weighted by molar-refractivity contribution is 5.86. The number of hydrogen-bond acceptors (Lipinski definition) is 10. The summed E-state index contributed by atoms with van der Waals surface area (Å²) >= 11 is 0. The van der Waals surface area contributed by atoms with E-state index in [0.717, 1.165) is 70.6 Å². The smallest absolute Gasteiger partial charge is 0.381 e. The Labute approximate surface area is 328 Å². The third-order valence-electron chi connectivity index (χ3n) is 8.40. The third-order valence-corrected chi connectivity index (χ3v) is 8.40. The molecule has 0 bridgehead atoms. The zero-order chi connectivity index (χ0) is 41.1. The average molecular weight is 769 g/mol. The van der Waals surface area contributed by atoms with Crippen LogP contribution in [0.25, 0.3) is 0 Å². The molecular weight excluding hydrogens is 704 g/mol. The Bertz CT molecular complexity index is 1360. The molecular formula is C44H64O11. The number of carbonyl (C=O) groups excluding carboxylic acids is 1. The summed E-state index contributed by atoms with van der Waals surface area (Å²) in [5.41, 5.74) is 0. The van der Waals surface area contributed by atoms with Crippen LogP contribution in [-0.4, -0.2) is 107 Å². The molecule has 11 heteroatoms. The van der Waals surface area contributed by atoms with E-state index in [1.165, 1.54) is 12.2 Å². The minimum absolute atomic E-state index is 0.0479. The lowest BCUT2D eigenvalue weighted by Crippen LogP contribution is -2.19. The Balaban J connectivity index is 3.89. The van der Waals surface area contributed by atoms with E-state index in [0.29, 0.717) is 38.5 Å². The summed E-state index contributed by atoms with van der Waals surface area (Å²) in [6, 6.07) is 0. The Morgan fingerprint density at radius 3 is 1.75 bits per heavy atom. The summed E-state index contributed by atoms with van der Waals surface area (Å²) in [5.74, 6) is 14.7. The minimum atomic E-state index is -1.32. The first kappa shape index (κ1) is 51.3. The molecule has 0 radical (unpaired) electrons. The fourth-order valence-electron chi connectivity index (χ4n) is 5.26. The number of carboxylic acids is 1. The molecule has 0 amide bonds. The number of Topliss-reactive ketones (excluding diaryl/α,β-unsaturated/α-hetero) is 1. The summed E-state index contributed by atoms with van der Waals surface area (Å²) in [6.07, 6.45) is 21.1. The maximum atomic E-state index is 12.3. The number of aliphatic carboxylic acids is 1. The van der Waals surface area contributed by atoms with Crippen molar-refractivity contribution in [2.24, 2.45) is 0 Å². The van der Waals surface area contributed by atoms with Gasteiger partial charge >= 0.3 is 5.97 Å². The topological polar surface area (TPSA) is 216 Å². The number of rotatable bonds is 29. The SMILES string of the molecule is C#CC(O)/C=C/C(O)C/C=C\CC(O)C#CC(O)C#CC(O)CCC/C=C\CCCC(O)C(=O)CCCCCCCCCCCC(O)CC(O)C#CC(=O)O. The Morgan fingerprint density at radius 2 is 1.13 bits per heavy atom. The second kappa shape index (κ2) is 34.7. The van der Waals surface area contributed by atoms with Crippen molar-refractivity contribution in [1.29, 1.82) is 0 Å². The molecule has 0 saturated heterocycles. The first-order valence-corrected chi connectivity index (χ1v) is 19.5. The van der Waals surface area contributed by atoms with E-state index < -0.39 is 54.8 Å². The summed E-state index contributed by atoms with van der Waals surface area (Å²) in [5, 5.41) is 87.1. The van der Waals surface area contributed by atoms with E-state index in [-0.39, 0.29) is 25.0 Å². The Kier molecular flexibility index (Phi) is 32.4. The standard InChI is InChI=1S/C44H64O11/c1-2-35(45)26-27-37(47)21-18-19-22-38(48)29-31-39(49)30-28-36(46)20-14-10-8-9-13-17-25-43(53)42(52)24-16-12-7-5-3-4-6-11-15-23-40(50)34-41(51)32-33-44(54)55/h1,8-9,18-19,26-27,35-41,43,45-51,53H,3-7,10-17,20-25,34H2,(H,54,55)/b9-8-,19-18-,27-26+. The van der Waals surface area contributed by atoms with Gasteiger partial charge in [0.1, 0.15) is 30.5 Å². The van der Waals surface area contributed by atoms with Crippen LogP contribution in [0.15, 0.2) is 36.5 Å². The quantitative estimate of drug-likeness (QED) is 0.0304. The van der Waals surface area contributed by atoms with E-state index >= 15 is 0 Å². The summed E-state index contributed by atoms with van der Waals surface area (Å²) in [4.78, 5) is 22.6. The van der Waals surface area contributed by atoms with Gasteiger partial charge in [0, 0.05) is 25.2 Å². The highest BCUT2D eigenvalue weighted by atomic mass is 16.4. The van der Waals surface area contributed by atoms with Crippen LogP contribution in [0.1, 0.15) is 128 Å². The summed E-state index contributed by atoms with van der Waals surface area (Å²) in [7, 11) is 0. The molecule has 8 atom stereocenters. The number of ketones is 1. The number of hydrogen-bond donors (Lipinski definition) is 9. The van der Waals surface area contributed by atoms with Gasteiger partial charge in [-0.3, -0.25) is 4.79 Å². The number of terminal acetylenes is 1. The van der Waals surface area contributed by atoms with Gasteiger partial charge in [0.05, 0.1) is 12.2 Å². The van der Waals surface area contributed by atoms with E-state index in [1.807, 2.05) is 18.1 Å². The molecule has 11 nitrogen and oxygen atoms in total. The van der Waals surface area contributed by atoms with Crippen molar-refractivity contribution in [3.63, 3.8) is 0 Å². The fourth-order valence-corrected chi connectivity index (χ4v) is 5.26. The predicted octanol–water partition coefficient (Wildman–Crippen LogP) is 3.64. The lowest BCUT2D eigenvalue weighted by molar-refractivity contribution is -0.130. The first-order valence-electron chi connectivity index (χ1n) is 19.5. The lowest BCUT2D eigenvalue weighted by Gasteiger charge is -2.11. The molecule has 0 rings (SSSR count). The zero-order valence-corrected chi connectivity index (χ0v) is 32.1. The minimum Gasteiger partial charge on any atom is -0.472 e. The number of carboxylic acid groups (broad SMARTS) is 1. The van der Waals surface area contributed by atoms with Crippen LogP contribution in [0.4, 0.5) is 0 Å². The van der Waals surface area contributed by atoms with Gasteiger partial charge in [-0.2, -0.15) is 0 Å². The number of aliphatic hydroxyl groups is 8. The van der Waals surface area contributed by atoms with Gasteiger partial charge in [-0.1, -0.05) is 117 Å². The molecule has 9 N–H and O–H groups in total. The van der Waals surface area contributed by atoms with Crippen LogP contribution in [0.5, 0.6) is 0 Å². The van der Waals surface area contributed by atoms with Gasteiger partial charge in [-0.25, -0.2) is 4.79 Å². The van der Waals surface area contributed by atoms with Crippen LogP contribution >= 0.6 is 0 Å². The number of unbranched alkanes of at least 4 members (excludes halogenated alkanes) is 10. The molecule has 0 aromatic heterocycles. The summed E-state index contributed by atoms with van der Waals surface area (Å²) in [6.45, 7) is 0. The van der Waals surface area contributed by atoms with Crippen LogP contribution in [0.2, 0.25) is 0 Å². The Hall–Kier alpha value is -3.72. The molecule has 0 fully saturated rings. The molecule has 8 unspecified atom stereocenters. The van der Waals surface area contributed by atoms with E-state index in [4.69, 9.17) is 11.5 Å². The van der Waals surface area contributed by atoms with Gasteiger partial charge in [-0.15, -0.1) is 6.42 Å². The monoisotopic (exact) mass is 768 g/mol. The number of allylic oxidation sites excluding steroid dienone is 2. The van der Waals surface area contributed by atoms with Crippen LogP contribution in [0, 0.1) is 47.9 Å². The maximum Gasteiger partial charge on any atom is 0.381 e. The molecule has 55 heavy (non-hydrogen) atoms. The van der Waals surface area contributed by atoms with Crippen molar-refractivity contribution in [3.05, 3.63) is 36.5 Å². The van der Waals surface area contributed by atoms with Gasteiger partial charge in [-0.05, 0) is 63.9 Å². The zero-order valence-electron chi connectivity index (χ0n) is 32.1. The molecule has 0 aromatic carbocycles. The normalized spacial score (nSPS) is 15.7. The molecule has 0 aliphatic carbocycles. The molecule has 0 aromatic rings. The fraction of sp³-hybridized carbons (Fsp3) is 0.636. The molecule has 0 aliphatic rings. The van der Waals surface area contributed by atoms with Crippen LogP contribution in [-0.2, 0) is 9.59 Å². The third kappa shape index (κ3) is 34.5. The first-order chi connectivity index (χ1) is 26.3. The van der Waals surface area contributed by atoms with Crippen LogP contribution < -0.4 is 0 Å². The molecule has 306 valence electrons. The maximum absolute atomic E-state index is 12.3. The molecule has 0 aliphatic heterocycles. The average Bonchev–Trinajstić information content (AvgIpc) is 3.15. The molecule has 0 spiro atoms. The van der Waals surface area contributed by atoms with Crippen molar-refractivity contribution in [2.45, 2.75) is 177 Å². The number of aliphatic hydroxyl groups excluding tert-OH is 8. The predicted molar refractivity (Wildman–Crippen MR) is 213 cm³/mol. The van der Waals surface area contributed by atoms with Crippen LogP contribution in [0.3, 0.4) is 0 Å². The highest BCUT2D eigenvalue weighted by Gasteiger charge is 2.14. The highest BCUT2D eigenvalue weighted by Crippen LogP contribution is 2.15. The van der Waals surface area contributed by atoms with E-state index in [1.54, 1.807) is 12.2 Å². The number of carbonyl (C=O) groups is 2. The van der Waals surface area contributed by atoms with Crippen molar-refractivity contribution >= 4 is 11.8 Å². The van der Waals surface area contributed by atoms with E-state index in [9.17, 15) is 50.4 Å². The van der Waals surface area contributed by atoms with Gasteiger partial charge < -0.3 is 46.0 Å².